The predicted molar refractivity (Wildman–Crippen MR) is 90.7 cm³/mol. The van der Waals surface area contributed by atoms with Crippen molar-refractivity contribution in [3.05, 3.63) is 65.7 Å². The van der Waals surface area contributed by atoms with Gasteiger partial charge in [-0.15, -0.1) is 0 Å². The molecule has 24 heavy (non-hydrogen) atoms. The molecule has 0 aromatic heterocycles. The smallest absolute Gasteiger partial charge is 0.231 e. The third-order valence-electron chi connectivity index (χ3n) is 4.07. The van der Waals surface area contributed by atoms with Crippen LogP contribution in [0.3, 0.4) is 0 Å². The molecule has 1 fully saturated rings. The molecule has 5 nitrogen and oxygen atoms in total. The fourth-order valence-electron chi connectivity index (χ4n) is 2.70. The lowest BCUT2D eigenvalue weighted by molar-refractivity contribution is -0.135. The van der Waals surface area contributed by atoms with Crippen molar-refractivity contribution < 1.29 is 14.4 Å². The number of benzene rings is 2. The molecule has 2 aromatic carbocycles. The van der Waals surface area contributed by atoms with E-state index in [1.54, 1.807) is 24.3 Å². The zero-order valence-electron chi connectivity index (χ0n) is 13.1. The van der Waals surface area contributed by atoms with E-state index in [1.165, 1.54) is 0 Å². The molecular formula is C19H18N2O3. The summed E-state index contributed by atoms with van der Waals surface area (Å²) in [5, 5.41) is 5.53. The van der Waals surface area contributed by atoms with Crippen molar-refractivity contribution >= 4 is 23.3 Å². The van der Waals surface area contributed by atoms with Crippen LogP contribution in [-0.2, 0) is 9.59 Å². The summed E-state index contributed by atoms with van der Waals surface area (Å²) in [5.41, 5.74) is 2.01. The maximum Gasteiger partial charge on any atom is 0.231 e. The highest BCUT2D eigenvalue weighted by atomic mass is 16.2. The summed E-state index contributed by atoms with van der Waals surface area (Å²) in [4.78, 5) is 35.4. The number of carbonyl (C=O) groups excluding carboxylic acids is 3. The normalized spacial score (nSPS) is 17.2. The van der Waals surface area contributed by atoms with Crippen LogP contribution in [0.25, 0.3) is 0 Å². The van der Waals surface area contributed by atoms with Crippen molar-refractivity contribution in [2.75, 3.05) is 11.9 Å². The monoisotopic (exact) mass is 322 g/mol. The summed E-state index contributed by atoms with van der Waals surface area (Å²) in [5.74, 6) is -0.738. The molecule has 0 radical (unpaired) electrons. The van der Waals surface area contributed by atoms with E-state index < -0.39 is 0 Å². The zero-order chi connectivity index (χ0) is 16.9. The fourth-order valence-corrected chi connectivity index (χ4v) is 2.70. The summed E-state index contributed by atoms with van der Waals surface area (Å²) in [6.45, 7) is 0.433. The van der Waals surface area contributed by atoms with Gasteiger partial charge in [-0.05, 0) is 18.6 Å². The summed E-state index contributed by atoms with van der Waals surface area (Å²) in [7, 11) is 0. The van der Waals surface area contributed by atoms with Crippen LogP contribution in [0.4, 0.5) is 5.69 Å². The van der Waals surface area contributed by atoms with Gasteiger partial charge in [-0.1, -0.05) is 42.5 Å². The van der Waals surface area contributed by atoms with Crippen molar-refractivity contribution in [3.8, 4) is 0 Å². The van der Waals surface area contributed by atoms with E-state index in [2.05, 4.69) is 10.6 Å². The lowest BCUT2D eigenvalue weighted by atomic mass is 9.98. The van der Waals surface area contributed by atoms with Gasteiger partial charge in [-0.2, -0.15) is 0 Å². The summed E-state index contributed by atoms with van der Waals surface area (Å²) >= 11 is 0. The standard InChI is InChI=1S/C19H18N2O3/c22-17-10-9-15(19(24)21-17)12-20-16-8-4-7-14(11-16)18(23)13-5-2-1-3-6-13/h1-8,11,15,20H,9-10,12H2,(H,21,22,24). The molecule has 2 N–H and O–H groups in total. The molecule has 5 heteroatoms. The first kappa shape index (κ1) is 15.9. The molecule has 2 aromatic rings. The molecular weight excluding hydrogens is 304 g/mol. The molecule has 0 saturated carbocycles. The van der Waals surface area contributed by atoms with E-state index in [9.17, 15) is 14.4 Å². The van der Waals surface area contributed by atoms with E-state index >= 15 is 0 Å². The van der Waals surface area contributed by atoms with Gasteiger partial charge in [0.15, 0.2) is 5.78 Å². The summed E-state index contributed by atoms with van der Waals surface area (Å²) < 4.78 is 0. The Morgan fingerprint density at radius 1 is 1.04 bits per heavy atom. The lowest BCUT2D eigenvalue weighted by Gasteiger charge is -2.21. The number of nitrogens with one attached hydrogen (secondary N) is 2. The van der Waals surface area contributed by atoms with E-state index in [-0.39, 0.29) is 23.5 Å². The minimum atomic E-state index is -0.240. The number of anilines is 1. The second kappa shape index (κ2) is 7.08. The number of hydrogen-bond donors (Lipinski definition) is 2. The number of hydrogen-bond acceptors (Lipinski definition) is 4. The van der Waals surface area contributed by atoms with Crippen LogP contribution in [0.2, 0.25) is 0 Å². The van der Waals surface area contributed by atoms with Crippen molar-refractivity contribution in [3.63, 3.8) is 0 Å². The number of ketones is 1. The molecule has 122 valence electrons. The molecule has 1 aliphatic rings. The van der Waals surface area contributed by atoms with E-state index in [1.807, 2.05) is 30.3 Å². The van der Waals surface area contributed by atoms with Crippen molar-refractivity contribution in [1.29, 1.82) is 0 Å². The Hall–Kier alpha value is -2.95. The van der Waals surface area contributed by atoms with Gasteiger partial charge in [0.25, 0.3) is 0 Å². The first-order valence-corrected chi connectivity index (χ1v) is 7.91. The number of piperidine rings is 1. The molecule has 0 spiro atoms. The van der Waals surface area contributed by atoms with Crippen LogP contribution in [-0.4, -0.2) is 24.1 Å². The van der Waals surface area contributed by atoms with E-state index in [4.69, 9.17) is 0 Å². The average Bonchev–Trinajstić information content (AvgIpc) is 2.61. The minimum Gasteiger partial charge on any atom is -0.384 e. The van der Waals surface area contributed by atoms with Crippen LogP contribution in [0.5, 0.6) is 0 Å². The second-order valence-corrected chi connectivity index (χ2v) is 5.80. The lowest BCUT2D eigenvalue weighted by Crippen LogP contribution is -2.43. The summed E-state index contributed by atoms with van der Waals surface area (Å²) in [6.07, 6.45) is 0.908. The largest absolute Gasteiger partial charge is 0.384 e. The van der Waals surface area contributed by atoms with Gasteiger partial charge in [0.2, 0.25) is 11.8 Å². The van der Waals surface area contributed by atoms with Gasteiger partial charge in [0.1, 0.15) is 0 Å². The fraction of sp³-hybridized carbons (Fsp3) is 0.211. The highest BCUT2D eigenvalue weighted by molar-refractivity contribution is 6.09. The first-order valence-electron chi connectivity index (χ1n) is 7.91. The van der Waals surface area contributed by atoms with Crippen LogP contribution >= 0.6 is 0 Å². The van der Waals surface area contributed by atoms with Crippen molar-refractivity contribution in [2.24, 2.45) is 5.92 Å². The van der Waals surface area contributed by atoms with Crippen LogP contribution in [0.15, 0.2) is 54.6 Å². The van der Waals surface area contributed by atoms with Gasteiger partial charge in [-0.25, -0.2) is 0 Å². The molecule has 1 aliphatic heterocycles. The average molecular weight is 322 g/mol. The zero-order valence-corrected chi connectivity index (χ0v) is 13.1. The Labute approximate surface area is 140 Å². The van der Waals surface area contributed by atoms with Crippen LogP contribution in [0, 0.1) is 5.92 Å². The maximum atomic E-state index is 12.5. The maximum absolute atomic E-state index is 12.5. The van der Waals surface area contributed by atoms with Crippen LogP contribution in [0.1, 0.15) is 28.8 Å². The number of rotatable bonds is 5. The number of imide groups is 1. The van der Waals surface area contributed by atoms with E-state index in [0.29, 0.717) is 30.5 Å². The molecule has 1 heterocycles. The van der Waals surface area contributed by atoms with Crippen molar-refractivity contribution in [1.82, 2.24) is 5.32 Å². The Bertz CT molecular complexity index is 771. The molecule has 0 bridgehead atoms. The molecule has 3 rings (SSSR count). The minimum absolute atomic E-state index is 0.0414. The third-order valence-corrected chi connectivity index (χ3v) is 4.07. The van der Waals surface area contributed by atoms with Gasteiger partial charge in [0.05, 0.1) is 5.92 Å². The van der Waals surface area contributed by atoms with Gasteiger partial charge in [0, 0.05) is 29.8 Å². The Morgan fingerprint density at radius 2 is 1.79 bits per heavy atom. The topological polar surface area (TPSA) is 75.3 Å². The van der Waals surface area contributed by atoms with Gasteiger partial charge in [-0.3, -0.25) is 19.7 Å². The van der Waals surface area contributed by atoms with Gasteiger partial charge >= 0.3 is 0 Å². The second-order valence-electron chi connectivity index (χ2n) is 5.80. The van der Waals surface area contributed by atoms with Gasteiger partial charge < -0.3 is 5.32 Å². The third kappa shape index (κ3) is 3.68. The quantitative estimate of drug-likeness (QED) is 0.655. The Balaban J connectivity index is 1.66. The Kier molecular flexibility index (Phi) is 4.70. The molecule has 1 unspecified atom stereocenters. The molecule has 0 aliphatic carbocycles. The molecule has 1 atom stereocenters. The first-order chi connectivity index (χ1) is 11.6. The molecule has 1 saturated heterocycles. The SMILES string of the molecule is O=C1CCC(CNc2cccc(C(=O)c3ccccc3)c2)C(=O)N1. The summed E-state index contributed by atoms with van der Waals surface area (Å²) in [6, 6.07) is 16.3. The predicted octanol–water partition coefficient (Wildman–Crippen LogP) is 2.38. The Morgan fingerprint density at radius 3 is 2.54 bits per heavy atom. The highest BCUT2D eigenvalue weighted by Gasteiger charge is 2.26. The van der Waals surface area contributed by atoms with E-state index in [0.717, 1.165) is 5.69 Å². The number of amides is 2. The van der Waals surface area contributed by atoms with Crippen molar-refractivity contribution in [2.45, 2.75) is 12.8 Å². The highest BCUT2D eigenvalue weighted by Crippen LogP contribution is 2.17. The number of carbonyl (C=O) groups is 3. The van der Waals surface area contributed by atoms with Crippen LogP contribution < -0.4 is 10.6 Å². The molecule has 2 amide bonds.